The molecular weight excluding hydrogens is 937 g/mol. The molecule has 4 aromatic carbocycles. The summed E-state index contributed by atoms with van der Waals surface area (Å²) >= 11 is 0. The summed E-state index contributed by atoms with van der Waals surface area (Å²) in [6, 6.07) is 24.2. The molecule has 2 fully saturated rings. The summed E-state index contributed by atoms with van der Waals surface area (Å²) in [5.41, 5.74) is 2.12. The topological polar surface area (TPSA) is 229 Å². The van der Waals surface area contributed by atoms with Crippen LogP contribution in [0.2, 0.25) is 0 Å². The van der Waals surface area contributed by atoms with Crippen LogP contribution in [0.25, 0.3) is 12.2 Å². The molecule has 18 heteroatoms. The van der Waals surface area contributed by atoms with Gasteiger partial charge in [0.1, 0.15) is 23.7 Å². The van der Waals surface area contributed by atoms with Crippen LogP contribution < -0.4 is 9.47 Å². The van der Waals surface area contributed by atoms with Crippen LogP contribution in [0.3, 0.4) is 0 Å². The number of carbonyl (C=O) groups excluding carboxylic acids is 8. The molecule has 6 rings (SSSR count). The number of hydrogen-bond acceptors (Lipinski definition) is 18. The first kappa shape index (κ1) is 52.9. The van der Waals surface area contributed by atoms with E-state index in [0.717, 1.165) is 12.2 Å². The van der Waals surface area contributed by atoms with Crippen LogP contribution in [0.15, 0.2) is 135 Å². The van der Waals surface area contributed by atoms with E-state index < -0.39 is 72.2 Å². The summed E-state index contributed by atoms with van der Waals surface area (Å²) in [4.78, 5) is 97.9. The van der Waals surface area contributed by atoms with E-state index in [2.05, 4.69) is 13.2 Å². The molecule has 0 amide bonds. The van der Waals surface area contributed by atoms with Gasteiger partial charge >= 0.3 is 47.8 Å². The van der Waals surface area contributed by atoms with Gasteiger partial charge in [0, 0.05) is 24.3 Å². The Hall–Kier alpha value is -8.48. The van der Waals surface area contributed by atoms with Gasteiger partial charge in [-0.05, 0) is 122 Å². The SMILES string of the molecule is C=CC(=O)OCCCCOC(=O)/C=C/c1ccc(C(=O)Oc2ccc(C(=O)OC3CO[C@@H]4[C@@H](OC(=O)c5ccc(OC(=O)c6ccc(/C=C/C(=O)OCCCCOC(=O)C=C)cc6)cc5)CO[C@H]34)cc2)cc1. The molecule has 1 unspecified atom stereocenters. The van der Waals surface area contributed by atoms with Crippen molar-refractivity contribution in [2.75, 3.05) is 39.6 Å². The number of ether oxygens (including phenoxy) is 10. The smallest absolute Gasteiger partial charge is 0.343 e. The lowest BCUT2D eigenvalue weighted by Gasteiger charge is -2.17. The molecule has 2 saturated heterocycles. The van der Waals surface area contributed by atoms with E-state index in [0.29, 0.717) is 36.8 Å². The Balaban J connectivity index is 0.878. The Labute approximate surface area is 413 Å². The largest absolute Gasteiger partial charge is 0.463 e. The molecule has 0 N–H and O–H groups in total. The maximum absolute atomic E-state index is 13.1. The first-order chi connectivity index (χ1) is 34.9. The highest BCUT2D eigenvalue weighted by Gasteiger charge is 2.51. The fourth-order valence-corrected chi connectivity index (χ4v) is 6.79. The van der Waals surface area contributed by atoms with E-state index >= 15 is 0 Å². The molecule has 374 valence electrons. The van der Waals surface area contributed by atoms with Crippen LogP contribution in [-0.4, -0.2) is 112 Å². The van der Waals surface area contributed by atoms with Crippen molar-refractivity contribution in [1.82, 2.24) is 0 Å². The highest BCUT2D eigenvalue weighted by molar-refractivity contribution is 5.94. The van der Waals surface area contributed by atoms with Gasteiger partial charge in [0.15, 0.2) is 12.2 Å². The maximum Gasteiger partial charge on any atom is 0.343 e. The zero-order valence-electron chi connectivity index (χ0n) is 38.8. The molecule has 4 atom stereocenters. The van der Waals surface area contributed by atoms with Crippen molar-refractivity contribution in [1.29, 1.82) is 0 Å². The van der Waals surface area contributed by atoms with Gasteiger partial charge in [-0.1, -0.05) is 37.4 Å². The predicted molar refractivity (Wildman–Crippen MR) is 254 cm³/mol. The van der Waals surface area contributed by atoms with Crippen molar-refractivity contribution >= 4 is 59.9 Å². The Morgan fingerprint density at radius 3 is 1.07 bits per heavy atom. The fourth-order valence-electron chi connectivity index (χ4n) is 6.79. The lowest BCUT2D eigenvalue weighted by atomic mass is 10.1. The fraction of sp³-hybridized carbons (Fsp3) is 0.259. The second-order valence-corrected chi connectivity index (χ2v) is 15.7. The van der Waals surface area contributed by atoms with Gasteiger partial charge in [0.2, 0.25) is 0 Å². The minimum absolute atomic E-state index is 0.00407. The molecule has 2 aliphatic rings. The first-order valence-corrected chi connectivity index (χ1v) is 22.7. The second-order valence-electron chi connectivity index (χ2n) is 15.7. The number of fused-ring (bicyclic) bond motifs is 1. The zero-order valence-corrected chi connectivity index (χ0v) is 38.8. The molecule has 4 aromatic rings. The monoisotopic (exact) mass is 986 g/mol. The Bertz CT molecular complexity index is 2450. The van der Waals surface area contributed by atoms with Crippen LogP contribution in [0, 0.1) is 0 Å². The van der Waals surface area contributed by atoms with Crippen molar-refractivity contribution < 1.29 is 85.7 Å². The van der Waals surface area contributed by atoms with Crippen molar-refractivity contribution in [3.63, 3.8) is 0 Å². The van der Waals surface area contributed by atoms with Crippen molar-refractivity contribution in [3.05, 3.63) is 168 Å². The standard InChI is InChI=1S/C54H50O18/c1-3-45(55)63-29-5-7-31-65-47(57)27-13-35-9-15-37(16-10-35)51(59)69-41-23-19-39(20-24-41)53(61)71-43-33-67-50-44(34-68-49(43)50)72-54(62)40-21-25-42(26-22-40)70-52(60)38-17-11-36(12-18-38)14-28-48(58)66-32-8-6-30-64-46(56)4-2/h3-4,9-28,43-44,49-50H,1-2,5-8,29-34H2/b27-13+,28-14+/t43-,44?,49+,50+/m0/s1. The average Bonchev–Trinajstić information content (AvgIpc) is 3.99. The Morgan fingerprint density at radius 2 is 0.736 bits per heavy atom. The second kappa shape index (κ2) is 27.1. The molecule has 0 spiro atoms. The lowest BCUT2D eigenvalue weighted by molar-refractivity contribution is -0.140. The lowest BCUT2D eigenvalue weighted by Crippen LogP contribution is -2.36. The number of hydrogen-bond donors (Lipinski definition) is 0. The van der Waals surface area contributed by atoms with Crippen molar-refractivity contribution in [2.24, 2.45) is 0 Å². The summed E-state index contributed by atoms with van der Waals surface area (Å²) < 4.78 is 54.0. The summed E-state index contributed by atoms with van der Waals surface area (Å²) in [7, 11) is 0. The predicted octanol–water partition coefficient (Wildman–Crippen LogP) is 6.81. The Kier molecular flexibility index (Phi) is 19.9. The third-order valence-corrected chi connectivity index (χ3v) is 10.6. The van der Waals surface area contributed by atoms with E-state index in [1.165, 1.54) is 97.1 Å². The third kappa shape index (κ3) is 16.3. The van der Waals surface area contributed by atoms with Crippen LogP contribution in [0.1, 0.15) is 78.2 Å². The summed E-state index contributed by atoms with van der Waals surface area (Å²) in [5, 5.41) is 0. The number of unbranched alkanes of at least 4 members (excludes halogenated alkanes) is 2. The number of carbonyl (C=O) groups is 8. The molecule has 0 bridgehead atoms. The maximum atomic E-state index is 13.1. The minimum atomic E-state index is -0.796. The molecular formula is C54H50O18. The van der Waals surface area contributed by atoms with E-state index in [9.17, 15) is 38.4 Å². The van der Waals surface area contributed by atoms with Crippen LogP contribution in [-0.2, 0) is 57.1 Å². The molecule has 18 nitrogen and oxygen atoms in total. The van der Waals surface area contributed by atoms with Gasteiger partial charge in [-0.25, -0.2) is 38.4 Å². The summed E-state index contributed by atoms with van der Waals surface area (Å²) in [6.07, 6.45) is 6.85. The number of esters is 8. The minimum Gasteiger partial charge on any atom is -0.463 e. The molecule has 0 aromatic heterocycles. The average molecular weight is 987 g/mol. The van der Waals surface area contributed by atoms with Gasteiger partial charge < -0.3 is 47.4 Å². The normalized spacial score (nSPS) is 16.7. The molecule has 2 heterocycles. The zero-order chi connectivity index (χ0) is 51.2. The third-order valence-electron chi connectivity index (χ3n) is 10.6. The first-order valence-electron chi connectivity index (χ1n) is 22.7. The van der Waals surface area contributed by atoms with Crippen LogP contribution >= 0.6 is 0 Å². The highest BCUT2D eigenvalue weighted by Crippen LogP contribution is 2.32. The summed E-state index contributed by atoms with van der Waals surface area (Å²) in [5.74, 6) is -4.40. The van der Waals surface area contributed by atoms with Crippen LogP contribution in [0.5, 0.6) is 11.5 Å². The number of benzene rings is 4. The van der Waals surface area contributed by atoms with E-state index in [1.54, 1.807) is 24.3 Å². The molecule has 0 saturated carbocycles. The summed E-state index contributed by atoms with van der Waals surface area (Å²) in [6.45, 7) is 7.35. The van der Waals surface area contributed by atoms with Gasteiger partial charge in [-0.2, -0.15) is 0 Å². The van der Waals surface area contributed by atoms with Gasteiger partial charge in [-0.15, -0.1) is 0 Å². The molecule has 0 aliphatic carbocycles. The van der Waals surface area contributed by atoms with E-state index in [1.807, 2.05) is 0 Å². The molecule has 72 heavy (non-hydrogen) atoms. The molecule has 2 aliphatic heterocycles. The number of rotatable bonds is 24. The quantitative estimate of drug-likeness (QED) is 0.0231. The highest BCUT2D eigenvalue weighted by atomic mass is 16.7. The molecule has 0 radical (unpaired) electrons. The van der Waals surface area contributed by atoms with Gasteiger partial charge in [-0.3, -0.25) is 0 Å². The van der Waals surface area contributed by atoms with E-state index in [4.69, 9.17) is 47.4 Å². The van der Waals surface area contributed by atoms with E-state index in [-0.39, 0.29) is 73.4 Å². The van der Waals surface area contributed by atoms with Crippen molar-refractivity contribution in [3.8, 4) is 11.5 Å². The van der Waals surface area contributed by atoms with Crippen LogP contribution in [0.4, 0.5) is 0 Å². The Morgan fingerprint density at radius 1 is 0.431 bits per heavy atom. The van der Waals surface area contributed by atoms with Gasteiger partial charge in [0.05, 0.1) is 61.9 Å². The van der Waals surface area contributed by atoms with Crippen molar-refractivity contribution in [2.45, 2.75) is 50.1 Å². The van der Waals surface area contributed by atoms with Gasteiger partial charge in [0.25, 0.3) is 0 Å².